The summed E-state index contributed by atoms with van der Waals surface area (Å²) in [4.78, 5) is 20.5. The zero-order valence-corrected chi connectivity index (χ0v) is 15.6. The van der Waals surface area contributed by atoms with Gasteiger partial charge in [0.1, 0.15) is 5.00 Å². The van der Waals surface area contributed by atoms with E-state index < -0.39 is 0 Å². The van der Waals surface area contributed by atoms with Crippen molar-refractivity contribution < 1.29 is 4.79 Å². The molecule has 132 valence electrons. The maximum absolute atomic E-state index is 11.8. The largest absolute Gasteiger partial charge is 0.318 e. The van der Waals surface area contributed by atoms with Gasteiger partial charge in [0.25, 0.3) is 0 Å². The SMILES string of the molecule is CC(=O)Nc1sc2c(c1[C@@H](c1ccccn1)N1CCCC1)CCCC2. The van der Waals surface area contributed by atoms with Gasteiger partial charge in [0.15, 0.2) is 0 Å². The van der Waals surface area contributed by atoms with Gasteiger partial charge in [-0.2, -0.15) is 0 Å². The third kappa shape index (κ3) is 3.35. The fourth-order valence-corrected chi connectivity index (χ4v) is 5.55. The minimum absolute atomic E-state index is 0.0149. The van der Waals surface area contributed by atoms with E-state index in [0.29, 0.717) is 0 Å². The maximum atomic E-state index is 11.8. The first-order valence-electron chi connectivity index (χ1n) is 9.31. The molecule has 3 heterocycles. The number of carbonyl (C=O) groups excluding carboxylic acids is 1. The van der Waals surface area contributed by atoms with Crippen LogP contribution in [0.15, 0.2) is 24.4 Å². The van der Waals surface area contributed by atoms with Gasteiger partial charge in [0.2, 0.25) is 5.91 Å². The molecule has 1 atom stereocenters. The van der Waals surface area contributed by atoms with Crippen molar-refractivity contribution in [3.63, 3.8) is 0 Å². The Hall–Kier alpha value is -1.72. The predicted molar refractivity (Wildman–Crippen MR) is 102 cm³/mol. The molecule has 0 saturated carbocycles. The van der Waals surface area contributed by atoms with E-state index in [4.69, 9.17) is 4.98 Å². The van der Waals surface area contributed by atoms with Crippen molar-refractivity contribution in [1.29, 1.82) is 0 Å². The summed E-state index contributed by atoms with van der Waals surface area (Å²) >= 11 is 1.79. The van der Waals surface area contributed by atoms with Gasteiger partial charge < -0.3 is 5.32 Å². The quantitative estimate of drug-likeness (QED) is 0.895. The van der Waals surface area contributed by atoms with Crippen LogP contribution in [-0.4, -0.2) is 28.9 Å². The first-order chi connectivity index (χ1) is 12.2. The predicted octanol–water partition coefficient (Wildman–Crippen LogP) is 4.17. The van der Waals surface area contributed by atoms with Crippen LogP contribution < -0.4 is 5.32 Å². The first kappa shape index (κ1) is 16.7. The minimum atomic E-state index is 0.0149. The molecule has 4 nitrogen and oxygen atoms in total. The molecule has 2 aromatic rings. The lowest BCUT2D eigenvalue weighted by Crippen LogP contribution is -2.28. The minimum Gasteiger partial charge on any atom is -0.318 e. The molecule has 0 radical (unpaired) electrons. The van der Waals surface area contributed by atoms with E-state index in [-0.39, 0.29) is 11.9 Å². The average Bonchev–Trinajstić information content (AvgIpc) is 3.25. The molecule has 1 fully saturated rings. The van der Waals surface area contributed by atoms with Crippen LogP contribution >= 0.6 is 11.3 Å². The number of fused-ring (bicyclic) bond motifs is 1. The summed E-state index contributed by atoms with van der Waals surface area (Å²) in [5.74, 6) is 0.0149. The van der Waals surface area contributed by atoms with E-state index in [1.807, 2.05) is 12.3 Å². The number of rotatable bonds is 4. The summed E-state index contributed by atoms with van der Waals surface area (Å²) in [6.07, 6.45) is 9.13. The van der Waals surface area contributed by atoms with Crippen molar-refractivity contribution in [2.75, 3.05) is 18.4 Å². The van der Waals surface area contributed by atoms with Crippen LogP contribution in [0.25, 0.3) is 0 Å². The van der Waals surface area contributed by atoms with Crippen LogP contribution in [0.5, 0.6) is 0 Å². The van der Waals surface area contributed by atoms with E-state index in [1.54, 1.807) is 18.3 Å². The Bertz CT molecular complexity index is 750. The van der Waals surface area contributed by atoms with Crippen molar-refractivity contribution in [2.45, 2.75) is 51.5 Å². The molecular weight excluding hydrogens is 330 g/mol. The maximum Gasteiger partial charge on any atom is 0.221 e. The van der Waals surface area contributed by atoms with Gasteiger partial charge in [0, 0.05) is 23.6 Å². The molecule has 0 aromatic carbocycles. The summed E-state index contributed by atoms with van der Waals surface area (Å²) in [5, 5.41) is 4.17. The van der Waals surface area contributed by atoms with Crippen LogP contribution in [0.2, 0.25) is 0 Å². The van der Waals surface area contributed by atoms with Crippen LogP contribution in [-0.2, 0) is 17.6 Å². The number of hydrogen-bond donors (Lipinski definition) is 1. The Kier molecular flexibility index (Phi) is 4.86. The molecule has 1 aliphatic carbocycles. The summed E-state index contributed by atoms with van der Waals surface area (Å²) in [7, 11) is 0. The second-order valence-corrected chi connectivity index (χ2v) is 8.14. The highest BCUT2D eigenvalue weighted by molar-refractivity contribution is 7.16. The molecule has 1 aliphatic heterocycles. The Morgan fingerprint density at radius 2 is 2.00 bits per heavy atom. The number of aryl methyl sites for hydroxylation is 1. The Morgan fingerprint density at radius 1 is 1.20 bits per heavy atom. The molecule has 0 bridgehead atoms. The Labute approximate surface area is 153 Å². The average molecular weight is 356 g/mol. The van der Waals surface area contributed by atoms with E-state index >= 15 is 0 Å². The second-order valence-electron chi connectivity index (χ2n) is 7.04. The third-order valence-electron chi connectivity index (χ3n) is 5.25. The number of nitrogens with one attached hydrogen (secondary N) is 1. The normalized spacial score (nSPS) is 18.8. The van der Waals surface area contributed by atoms with Crippen LogP contribution in [0.3, 0.4) is 0 Å². The van der Waals surface area contributed by atoms with Crippen molar-refractivity contribution >= 4 is 22.2 Å². The van der Waals surface area contributed by atoms with Gasteiger partial charge in [-0.3, -0.25) is 14.7 Å². The van der Waals surface area contributed by atoms with E-state index in [1.165, 1.54) is 41.7 Å². The van der Waals surface area contributed by atoms with E-state index in [2.05, 4.69) is 22.3 Å². The molecule has 1 N–H and O–H groups in total. The number of likely N-dealkylation sites (tertiary alicyclic amines) is 1. The second kappa shape index (κ2) is 7.26. The highest BCUT2D eigenvalue weighted by Gasteiger charge is 2.33. The van der Waals surface area contributed by atoms with E-state index in [0.717, 1.165) is 36.6 Å². The highest BCUT2D eigenvalue weighted by atomic mass is 32.1. The Morgan fingerprint density at radius 3 is 2.72 bits per heavy atom. The smallest absolute Gasteiger partial charge is 0.221 e. The number of nitrogens with zero attached hydrogens (tertiary/aromatic N) is 2. The lowest BCUT2D eigenvalue weighted by atomic mass is 9.90. The topological polar surface area (TPSA) is 45.2 Å². The lowest BCUT2D eigenvalue weighted by molar-refractivity contribution is -0.114. The van der Waals surface area contributed by atoms with Gasteiger partial charge >= 0.3 is 0 Å². The number of amides is 1. The molecule has 1 saturated heterocycles. The van der Waals surface area contributed by atoms with E-state index in [9.17, 15) is 4.79 Å². The van der Waals surface area contributed by atoms with Crippen molar-refractivity contribution in [3.05, 3.63) is 46.1 Å². The molecular formula is C20H25N3OS. The first-order valence-corrected chi connectivity index (χ1v) is 10.1. The molecule has 2 aliphatic rings. The Balaban J connectivity index is 1.85. The van der Waals surface area contributed by atoms with Gasteiger partial charge in [-0.15, -0.1) is 11.3 Å². The fourth-order valence-electron chi connectivity index (χ4n) is 4.19. The standard InChI is InChI=1S/C20H25N3OS/c1-14(24)22-20-18(15-8-2-3-10-17(15)25-20)19(23-12-6-7-13-23)16-9-4-5-11-21-16/h4-5,9,11,19H,2-3,6-8,10,12-13H2,1H3,(H,22,24)/t19-/m1/s1. The number of pyridine rings is 1. The summed E-state index contributed by atoms with van der Waals surface area (Å²) in [6.45, 7) is 3.81. The molecule has 0 spiro atoms. The molecule has 0 unspecified atom stereocenters. The molecule has 25 heavy (non-hydrogen) atoms. The van der Waals surface area contributed by atoms with Crippen LogP contribution in [0, 0.1) is 0 Å². The van der Waals surface area contributed by atoms with Gasteiger partial charge in [-0.25, -0.2) is 0 Å². The number of aromatic nitrogens is 1. The molecule has 1 amide bonds. The van der Waals surface area contributed by atoms with Crippen molar-refractivity contribution in [2.24, 2.45) is 0 Å². The summed E-state index contributed by atoms with van der Waals surface area (Å²) < 4.78 is 0. The summed E-state index contributed by atoms with van der Waals surface area (Å²) in [6, 6.07) is 6.33. The van der Waals surface area contributed by atoms with Crippen LogP contribution in [0.4, 0.5) is 5.00 Å². The zero-order valence-electron chi connectivity index (χ0n) is 14.8. The van der Waals surface area contributed by atoms with Gasteiger partial charge in [-0.05, 0) is 69.3 Å². The summed E-state index contributed by atoms with van der Waals surface area (Å²) in [5.41, 5.74) is 3.89. The number of hydrogen-bond acceptors (Lipinski definition) is 4. The lowest BCUT2D eigenvalue weighted by Gasteiger charge is -2.29. The number of carbonyl (C=O) groups is 1. The van der Waals surface area contributed by atoms with Gasteiger partial charge in [0.05, 0.1) is 11.7 Å². The zero-order chi connectivity index (χ0) is 17.2. The number of anilines is 1. The molecule has 2 aromatic heterocycles. The van der Waals surface area contributed by atoms with Crippen molar-refractivity contribution in [3.8, 4) is 0 Å². The van der Waals surface area contributed by atoms with Crippen LogP contribution in [0.1, 0.15) is 60.3 Å². The molecule has 4 rings (SSSR count). The van der Waals surface area contributed by atoms with Gasteiger partial charge in [-0.1, -0.05) is 6.07 Å². The third-order valence-corrected chi connectivity index (χ3v) is 6.47. The number of thiophene rings is 1. The van der Waals surface area contributed by atoms with Crippen molar-refractivity contribution in [1.82, 2.24) is 9.88 Å². The molecule has 5 heteroatoms. The fraction of sp³-hybridized carbons (Fsp3) is 0.500. The monoisotopic (exact) mass is 355 g/mol. The highest BCUT2D eigenvalue weighted by Crippen LogP contribution is 2.45.